The number of aliphatic hydroxyl groups excluding tert-OH is 1. The zero-order chi connectivity index (χ0) is 25.0. The van der Waals surface area contributed by atoms with Crippen molar-refractivity contribution in [3.8, 4) is 0 Å². The highest BCUT2D eigenvalue weighted by Crippen LogP contribution is 2.24. The van der Waals surface area contributed by atoms with Gasteiger partial charge in [0.1, 0.15) is 24.5 Å². The first kappa shape index (κ1) is 25.7. The zero-order valence-electron chi connectivity index (χ0n) is 20.3. The summed E-state index contributed by atoms with van der Waals surface area (Å²) >= 11 is 0. The maximum Gasteiger partial charge on any atom is 0.410 e. The van der Waals surface area contributed by atoms with Crippen LogP contribution in [0.5, 0.6) is 0 Å². The summed E-state index contributed by atoms with van der Waals surface area (Å²) < 4.78 is 5.68. The molecule has 1 saturated heterocycles. The van der Waals surface area contributed by atoms with Gasteiger partial charge in [-0.1, -0.05) is 52.0 Å². The highest BCUT2D eigenvalue weighted by Gasteiger charge is 2.41. The predicted octanol–water partition coefficient (Wildman–Crippen LogP) is 1.51. The fourth-order valence-electron chi connectivity index (χ4n) is 4.40. The average Bonchev–Trinajstić information content (AvgIpc) is 3.23. The number of likely N-dealkylation sites (tertiary alicyclic amines) is 1. The second-order valence-electron chi connectivity index (χ2n) is 9.79. The Morgan fingerprint density at radius 1 is 1.12 bits per heavy atom. The number of ether oxygens (including phenoxy) is 1. The van der Waals surface area contributed by atoms with Gasteiger partial charge in [0.2, 0.25) is 11.8 Å². The number of nitrogens with zero attached hydrogens (tertiary/aromatic N) is 2. The number of aldehydes is 1. The highest BCUT2D eigenvalue weighted by molar-refractivity contribution is 5.91. The minimum absolute atomic E-state index is 0.0736. The molecular formula is C25H35N3O6. The molecule has 1 fully saturated rings. The standard InChI is InChI=1S/C25H35N3O6/c1-15(2)21(26-23(31)22(30)16(3)4)24(32)28-13-20(11-19(28)14-29)34-25(33)27-10-9-17-7-5-6-8-18(17)12-27/h5-8,14-16,19-22,30H,9-13H2,1-4H3,(H,26,31)/t19-,20-,21-,22-/m0/s1. The second kappa shape index (κ2) is 11.0. The van der Waals surface area contributed by atoms with Crippen LogP contribution in [0.4, 0.5) is 4.79 Å². The molecule has 2 N–H and O–H groups in total. The Bertz CT molecular complexity index is 918. The van der Waals surface area contributed by atoms with Gasteiger partial charge in [0.15, 0.2) is 0 Å². The topological polar surface area (TPSA) is 116 Å². The molecule has 0 saturated carbocycles. The molecule has 0 radical (unpaired) electrons. The van der Waals surface area contributed by atoms with E-state index < -0.39 is 42.2 Å². The van der Waals surface area contributed by atoms with Crippen molar-refractivity contribution in [1.82, 2.24) is 15.1 Å². The van der Waals surface area contributed by atoms with Gasteiger partial charge in [-0.25, -0.2) is 4.79 Å². The van der Waals surface area contributed by atoms with Crippen molar-refractivity contribution in [2.75, 3.05) is 13.1 Å². The number of carbonyl (C=O) groups is 4. The van der Waals surface area contributed by atoms with Crippen molar-refractivity contribution in [3.05, 3.63) is 35.4 Å². The van der Waals surface area contributed by atoms with Crippen molar-refractivity contribution in [2.45, 2.75) is 71.4 Å². The molecular weight excluding hydrogens is 438 g/mol. The summed E-state index contributed by atoms with van der Waals surface area (Å²) in [6.07, 6.45) is -0.696. The number of amides is 3. The zero-order valence-corrected chi connectivity index (χ0v) is 20.3. The van der Waals surface area contributed by atoms with Gasteiger partial charge in [-0.05, 0) is 29.4 Å². The van der Waals surface area contributed by atoms with E-state index in [2.05, 4.69) is 11.4 Å². The first-order valence-electron chi connectivity index (χ1n) is 11.9. The molecule has 0 unspecified atom stereocenters. The van der Waals surface area contributed by atoms with Crippen molar-refractivity contribution < 1.29 is 29.0 Å². The quantitative estimate of drug-likeness (QED) is 0.580. The van der Waals surface area contributed by atoms with Gasteiger partial charge >= 0.3 is 6.09 Å². The summed E-state index contributed by atoms with van der Waals surface area (Å²) in [5.74, 6) is -1.62. The fraction of sp³-hybridized carbons (Fsp3) is 0.600. The van der Waals surface area contributed by atoms with E-state index in [1.807, 2.05) is 18.2 Å². The van der Waals surface area contributed by atoms with Crippen LogP contribution >= 0.6 is 0 Å². The molecule has 0 aliphatic carbocycles. The van der Waals surface area contributed by atoms with E-state index in [1.54, 1.807) is 32.6 Å². The molecule has 3 amide bonds. The number of aliphatic hydroxyl groups is 1. The maximum absolute atomic E-state index is 13.3. The van der Waals surface area contributed by atoms with E-state index >= 15 is 0 Å². The van der Waals surface area contributed by atoms with Crippen LogP contribution in [-0.2, 0) is 32.1 Å². The molecule has 0 bridgehead atoms. The van der Waals surface area contributed by atoms with E-state index in [0.717, 1.165) is 12.0 Å². The summed E-state index contributed by atoms with van der Waals surface area (Å²) in [6, 6.07) is 6.30. The Hall–Kier alpha value is -2.94. The number of benzene rings is 1. The molecule has 2 heterocycles. The Morgan fingerprint density at radius 3 is 2.41 bits per heavy atom. The van der Waals surface area contributed by atoms with E-state index in [-0.39, 0.29) is 24.8 Å². The molecule has 3 rings (SSSR count). The molecule has 9 nitrogen and oxygen atoms in total. The van der Waals surface area contributed by atoms with E-state index in [1.165, 1.54) is 10.5 Å². The number of carbonyl (C=O) groups excluding carboxylic acids is 4. The normalized spacial score (nSPS) is 21.7. The third kappa shape index (κ3) is 5.75. The predicted molar refractivity (Wildman–Crippen MR) is 125 cm³/mol. The third-order valence-corrected chi connectivity index (χ3v) is 6.53. The number of hydrogen-bond acceptors (Lipinski definition) is 6. The Labute approximate surface area is 200 Å². The van der Waals surface area contributed by atoms with Gasteiger partial charge in [-0.3, -0.25) is 9.59 Å². The van der Waals surface area contributed by atoms with Crippen LogP contribution in [-0.4, -0.2) is 76.5 Å². The lowest BCUT2D eigenvalue weighted by Gasteiger charge is -2.30. The second-order valence-corrected chi connectivity index (χ2v) is 9.79. The molecule has 0 aromatic heterocycles. The van der Waals surface area contributed by atoms with Crippen LogP contribution in [0.2, 0.25) is 0 Å². The lowest BCUT2D eigenvalue weighted by Crippen LogP contribution is -2.55. The van der Waals surface area contributed by atoms with E-state index in [9.17, 15) is 24.3 Å². The summed E-state index contributed by atoms with van der Waals surface area (Å²) in [5, 5.41) is 12.7. The maximum atomic E-state index is 13.3. The van der Waals surface area contributed by atoms with Crippen molar-refractivity contribution >= 4 is 24.2 Å². The first-order chi connectivity index (χ1) is 16.1. The highest BCUT2D eigenvalue weighted by atomic mass is 16.6. The van der Waals surface area contributed by atoms with Gasteiger partial charge in [0.05, 0.1) is 12.6 Å². The van der Waals surface area contributed by atoms with Crippen LogP contribution < -0.4 is 5.32 Å². The monoisotopic (exact) mass is 473 g/mol. The molecule has 4 atom stereocenters. The van der Waals surface area contributed by atoms with Crippen LogP contribution in [0.1, 0.15) is 45.2 Å². The summed E-state index contributed by atoms with van der Waals surface area (Å²) in [5.41, 5.74) is 2.30. The lowest BCUT2D eigenvalue weighted by atomic mass is 10.0. The fourth-order valence-corrected chi connectivity index (χ4v) is 4.40. The Balaban J connectivity index is 1.63. The number of rotatable bonds is 7. The van der Waals surface area contributed by atoms with Crippen LogP contribution in [0.25, 0.3) is 0 Å². The molecule has 2 aliphatic rings. The molecule has 1 aromatic carbocycles. The van der Waals surface area contributed by atoms with Gasteiger partial charge in [-0.2, -0.15) is 0 Å². The molecule has 2 aliphatic heterocycles. The van der Waals surface area contributed by atoms with Gasteiger partial charge in [0.25, 0.3) is 0 Å². The number of nitrogens with one attached hydrogen (secondary N) is 1. The van der Waals surface area contributed by atoms with Crippen LogP contribution in [0.15, 0.2) is 24.3 Å². The minimum atomic E-state index is -1.24. The first-order valence-corrected chi connectivity index (χ1v) is 11.9. The lowest BCUT2D eigenvalue weighted by molar-refractivity contribution is -0.142. The van der Waals surface area contributed by atoms with Crippen LogP contribution in [0, 0.1) is 11.8 Å². The molecule has 0 spiro atoms. The van der Waals surface area contributed by atoms with Gasteiger partial charge in [0, 0.05) is 19.5 Å². The van der Waals surface area contributed by atoms with Crippen LogP contribution in [0.3, 0.4) is 0 Å². The summed E-state index contributed by atoms with van der Waals surface area (Å²) in [6.45, 7) is 8.05. The molecule has 1 aromatic rings. The largest absolute Gasteiger partial charge is 0.444 e. The third-order valence-electron chi connectivity index (χ3n) is 6.53. The van der Waals surface area contributed by atoms with Crippen molar-refractivity contribution in [3.63, 3.8) is 0 Å². The Kier molecular flexibility index (Phi) is 8.30. The molecule has 186 valence electrons. The minimum Gasteiger partial charge on any atom is -0.444 e. The van der Waals surface area contributed by atoms with Gasteiger partial charge < -0.3 is 29.8 Å². The number of fused-ring (bicyclic) bond motifs is 1. The summed E-state index contributed by atoms with van der Waals surface area (Å²) in [4.78, 5) is 53.2. The molecule has 9 heteroatoms. The van der Waals surface area contributed by atoms with E-state index in [4.69, 9.17) is 4.74 Å². The van der Waals surface area contributed by atoms with E-state index in [0.29, 0.717) is 19.4 Å². The smallest absolute Gasteiger partial charge is 0.410 e. The number of hydrogen-bond donors (Lipinski definition) is 2. The SMILES string of the molecule is CC(C)[C@H](O)C(=O)N[C@H](C(=O)N1C[C@@H](OC(=O)N2CCc3ccccc3C2)C[C@H]1C=O)C(C)C. The van der Waals surface area contributed by atoms with Gasteiger partial charge in [-0.15, -0.1) is 0 Å². The van der Waals surface area contributed by atoms with Crippen molar-refractivity contribution in [2.24, 2.45) is 11.8 Å². The molecule has 34 heavy (non-hydrogen) atoms. The summed E-state index contributed by atoms with van der Waals surface area (Å²) in [7, 11) is 0. The van der Waals surface area contributed by atoms with Crippen molar-refractivity contribution in [1.29, 1.82) is 0 Å². The average molecular weight is 474 g/mol. The Morgan fingerprint density at radius 2 is 1.79 bits per heavy atom.